The lowest BCUT2D eigenvalue weighted by Crippen LogP contribution is -3.00. The third kappa shape index (κ3) is 3.24. The second-order valence-electron chi connectivity index (χ2n) is 4.76. The van der Waals surface area contributed by atoms with Gasteiger partial charge >= 0.3 is 0 Å². The Labute approximate surface area is 142 Å². The summed E-state index contributed by atoms with van der Waals surface area (Å²) in [6.45, 7) is 2.37. The highest BCUT2D eigenvalue weighted by atomic mass is 79.9. The zero-order valence-corrected chi connectivity index (χ0v) is 14.6. The average molecular weight is 410 g/mol. The lowest BCUT2D eigenvalue weighted by molar-refractivity contribution is -0.510. The Balaban J connectivity index is 0.00000161. The molecule has 0 saturated heterocycles. The predicted molar refractivity (Wildman–Crippen MR) is 80.8 cm³/mol. The molecule has 0 bridgehead atoms. The molecule has 0 aliphatic carbocycles. The molecule has 0 N–H and O–H groups in total. The topological polar surface area (TPSA) is 26.1 Å². The van der Waals surface area contributed by atoms with E-state index in [9.17, 15) is 4.79 Å². The van der Waals surface area contributed by atoms with E-state index in [2.05, 4.69) is 15.9 Å². The molecular weight excluding hydrogens is 396 g/mol. The van der Waals surface area contributed by atoms with Crippen LogP contribution in [-0.4, -0.2) is 10.4 Å². The van der Waals surface area contributed by atoms with Crippen LogP contribution >= 0.6 is 15.9 Å². The number of nitrogens with zero attached hydrogens (tertiary/aromatic N) is 2. The highest BCUT2D eigenvalue weighted by molar-refractivity contribution is 9.10. The molecule has 0 spiro atoms. The summed E-state index contributed by atoms with van der Waals surface area (Å²) in [6.07, 6.45) is 4.02. The number of halogens is 2. The van der Waals surface area contributed by atoms with Gasteiger partial charge in [0.1, 0.15) is 11.9 Å². The molecule has 0 atom stereocenters. The second-order valence-corrected chi connectivity index (χ2v) is 5.67. The molecule has 0 unspecified atom stereocenters. The van der Waals surface area contributed by atoms with E-state index in [1.165, 1.54) is 0 Å². The largest absolute Gasteiger partial charge is 1.00 e. The number of pyridine rings is 1. The van der Waals surface area contributed by atoms with Crippen LogP contribution in [0.2, 0.25) is 0 Å². The van der Waals surface area contributed by atoms with Crippen molar-refractivity contribution in [1.82, 2.24) is 4.57 Å². The summed E-state index contributed by atoms with van der Waals surface area (Å²) in [5.41, 5.74) is 2.81. The van der Waals surface area contributed by atoms with E-state index in [4.69, 9.17) is 0 Å². The minimum atomic E-state index is 0. The molecule has 0 aliphatic rings. The Kier molecular flexibility index (Phi) is 4.96. The van der Waals surface area contributed by atoms with Crippen LogP contribution in [0.5, 0.6) is 0 Å². The van der Waals surface area contributed by atoms with Crippen LogP contribution in [0, 0.1) is 6.92 Å². The number of rotatable bonds is 3. The Hall–Kier alpha value is -1.46. The van der Waals surface area contributed by atoms with Gasteiger partial charge in [-0.1, -0.05) is 34.1 Å². The third-order valence-corrected chi connectivity index (χ3v) is 3.84. The van der Waals surface area contributed by atoms with E-state index in [1.54, 1.807) is 0 Å². The van der Waals surface area contributed by atoms with E-state index < -0.39 is 0 Å². The Morgan fingerprint density at radius 3 is 2.81 bits per heavy atom. The normalized spacial score (nSPS) is 10.4. The van der Waals surface area contributed by atoms with Crippen LogP contribution in [0.25, 0.3) is 5.65 Å². The molecule has 1 aromatic carbocycles. The number of hydrogen-bond acceptors (Lipinski definition) is 1. The van der Waals surface area contributed by atoms with Gasteiger partial charge in [0.15, 0.2) is 6.54 Å². The first-order valence-corrected chi connectivity index (χ1v) is 7.19. The molecule has 0 amide bonds. The van der Waals surface area contributed by atoms with Crippen molar-refractivity contribution in [2.75, 3.05) is 0 Å². The maximum absolute atomic E-state index is 12.4. The highest BCUT2D eigenvalue weighted by Crippen LogP contribution is 2.14. The summed E-state index contributed by atoms with van der Waals surface area (Å²) in [5.74, 6) is 0.108. The molecule has 0 aliphatic heterocycles. The van der Waals surface area contributed by atoms with Gasteiger partial charge in [0.25, 0.3) is 5.65 Å². The minimum absolute atomic E-state index is 0. The number of ketones is 1. The van der Waals surface area contributed by atoms with Crippen LogP contribution in [0.4, 0.5) is 0 Å². The summed E-state index contributed by atoms with van der Waals surface area (Å²) in [7, 11) is 0. The Morgan fingerprint density at radius 2 is 2.05 bits per heavy atom. The fraction of sp³-hybridized carbons (Fsp3) is 0.125. The molecule has 0 fully saturated rings. The zero-order chi connectivity index (χ0) is 14.1. The molecule has 5 heteroatoms. The van der Waals surface area contributed by atoms with E-state index in [0.717, 1.165) is 21.4 Å². The number of carbonyl (C=O) groups excluding carboxylic acids is 1. The Bertz CT molecular complexity index is 796. The number of fused-ring (bicyclic) bond motifs is 1. The van der Waals surface area contributed by atoms with Crippen LogP contribution < -0.4 is 21.4 Å². The van der Waals surface area contributed by atoms with Crippen molar-refractivity contribution < 1.29 is 26.2 Å². The van der Waals surface area contributed by atoms with Crippen molar-refractivity contribution in [3.8, 4) is 0 Å². The SMILES string of the molecule is Cc1c[n+]2ccccc2n1CC(=O)c1cccc(Br)c1.[Br-]. The highest BCUT2D eigenvalue weighted by Gasteiger charge is 2.17. The average Bonchev–Trinajstić information content (AvgIpc) is 2.75. The number of Topliss-reactive ketones (excluding diaryl/α,β-unsaturated/α-hetero) is 1. The van der Waals surface area contributed by atoms with Gasteiger partial charge in [-0.3, -0.25) is 4.79 Å². The molecule has 2 heterocycles. The van der Waals surface area contributed by atoms with Crippen LogP contribution in [0.15, 0.2) is 59.3 Å². The van der Waals surface area contributed by atoms with Gasteiger partial charge in [-0.25, -0.2) is 8.97 Å². The molecule has 108 valence electrons. The molecule has 3 aromatic rings. The van der Waals surface area contributed by atoms with Gasteiger partial charge in [0.2, 0.25) is 5.78 Å². The third-order valence-electron chi connectivity index (χ3n) is 3.34. The van der Waals surface area contributed by atoms with Gasteiger partial charge in [-0.05, 0) is 18.2 Å². The van der Waals surface area contributed by atoms with Crippen molar-refractivity contribution in [3.05, 3.63) is 70.6 Å². The molecule has 3 nitrogen and oxygen atoms in total. The first-order valence-electron chi connectivity index (χ1n) is 6.40. The first kappa shape index (κ1) is 15.9. The van der Waals surface area contributed by atoms with Crippen LogP contribution in [-0.2, 0) is 6.54 Å². The maximum atomic E-state index is 12.4. The van der Waals surface area contributed by atoms with Gasteiger partial charge in [-0.15, -0.1) is 0 Å². The van der Waals surface area contributed by atoms with Crippen molar-refractivity contribution in [1.29, 1.82) is 0 Å². The number of hydrogen-bond donors (Lipinski definition) is 0. The number of benzene rings is 1. The Morgan fingerprint density at radius 1 is 1.24 bits per heavy atom. The lowest BCUT2D eigenvalue weighted by Gasteiger charge is -2.01. The molecule has 21 heavy (non-hydrogen) atoms. The zero-order valence-electron chi connectivity index (χ0n) is 11.5. The smallest absolute Gasteiger partial charge is 0.286 e. The maximum Gasteiger partial charge on any atom is 0.286 e. The summed E-state index contributed by atoms with van der Waals surface area (Å²) in [6, 6.07) is 13.5. The molecule has 2 aromatic heterocycles. The number of aromatic nitrogens is 2. The van der Waals surface area contributed by atoms with E-state index >= 15 is 0 Å². The van der Waals surface area contributed by atoms with Crippen molar-refractivity contribution in [3.63, 3.8) is 0 Å². The second kappa shape index (κ2) is 6.54. The van der Waals surface area contributed by atoms with Crippen molar-refractivity contribution >= 4 is 27.4 Å². The van der Waals surface area contributed by atoms with Gasteiger partial charge < -0.3 is 17.0 Å². The van der Waals surface area contributed by atoms with Crippen molar-refractivity contribution in [2.45, 2.75) is 13.5 Å². The number of aryl methyl sites for hydroxylation is 1. The number of carbonyl (C=O) groups is 1. The number of imidazole rings is 1. The van der Waals surface area contributed by atoms with Gasteiger partial charge in [-0.2, -0.15) is 0 Å². The first-order chi connectivity index (χ1) is 9.65. The summed E-state index contributed by atoms with van der Waals surface area (Å²) in [4.78, 5) is 12.4. The summed E-state index contributed by atoms with van der Waals surface area (Å²) >= 11 is 3.40. The quantitative estimate of drug-likeness (QED) is 0.448. The molecule has 3 rings (SSSR count). The summed E-state index contributed by atoms with van der Waals surface area (Å²) < 4.78 is 4.99. The van der Waals surface area contributed by atoms with E-state index in [1.807, 2.05) is 70.7 Å². The van der Waals surface area contributed by atoms with E-state index in [-0.39, 0.29) is 22.8 Å². The van der Waals surface area contributed by atoms with Crippen LogP contribution in [0.1, 0.15) is 16.1 Å². The van der Waals surface area contributed by atoms with E-state index in [0.29, 0.717) is 6.54 Å². The summed E-state index contributed by atoms with van der Waals surface area (Å²) in [5, 5.41) is 0. The minimum Gasteiger partial charge on any atom is -1.00 e. The molecule has 0 radical (unpaired) electrons. The predicted octanol–water partition coefficient (Wildman–Crippen LogP) is 0.185. The lowest BCUT2D eigenvalue weighted by atomic mass is 10.1. The van der Waals surface area contributed by atoms with Gasteiger partial charge in [0, 0.05) is 23.0 Å². The van der Waals surface area contributed by atoms with Gasteiger partial charge in [0.05, 0.1) is 6.20 Å². The fourth-order valence-electron chi connectivity index (χ4n) is 2.34. The standard InChI is InChI=1S/C16H14BrN2O.BrH/c1-12-10-18-8-3-2-7-16(18)19(12)11-15(20)13-5-4-6-14(17)9-13;/h2-10H,11H2,1H3;1H/q+1;/p-1. The molecule has 0 saturated carbocycles. The van der Waals surface area contributed by atoms with Crippen LogP contribution in [0.3, 0.4) is 0 Å². The van der Waals surface area contributed by atoms with Crippen molar-refractivity contribution in [2.24, 2.45) is 0 Å². The monoisotopic (exact) mass is 408 g/mol. The fourth-order valence-corrected chi connectivity index (χ4v) is 2.74. The molecular formula is C16H14Br2N2O.